The molecule has 1 fully saturated rings. The van der Waals surface area contributed by atoms with E-state index in [-0.39, 0.29) is 12.8 Å². The van der Waals surface area contributed by atoms with Gasteiger partial charge in [0.15, 0.2) is 6.73 Å². The first kappa shape index (κ1) is 14.7. The van der Waals surface area contributed by atoms with E-state index in [2.05, 4.69) is 12.2 Å². The number of benzene rings is 1. The normalized spacial score (nSPS) is 15.6. The van der Waals surface area contributed by atoms with Crippen LogP contribution in [0.4, 0.5) is 4.79 Å². The van der Waals surface area contributed by atoms with Crippen molar-refractivity contribution in [1.82, 2.24) is 10.2 Å². The van der Waals surface area contributed by atoms with Crippen molar-refractivity contribution in [2.45, 2.75) is 39.0 Å². The van der Waals surface area contributed by atoms with Crippen LogP contribution in [0.25, 0.3) is 0 Å². The Morgan fingerprint density at radius 1 is 1.20 bits per heavy atom. The smallest absolute Gasteiger partial charge is 0.320 e. The number of urea groups is 1. The van der Waals surface area contributed by atoms with Crippen LogP contribution >= 0.6 is 0 Å². The van der Waals surface area contributed by atoms with Gasteiger partial charge in [0.05, 0.1) is 0 Å². The lowest BCUT2D eigenvalue weighted by atomic mass is 10.1. The minimum absolute atomic E-state index is 0.0131. The van der Waals surface area contributed by atoms with Gasteiger partial charge in [0.2, 0.25) is 0 Å². The quantitative estimate of drug-likeness (QED) is 0.858. The Kier molecular flexibility index (Phi) is 5.71. The molecule has 1 aliphatic rings. The van der Waals surface area contributed by atoms with Gasteiger partial charge in [-0.25, -0.2) is 4.79 Å². The van der Waals surface area contributed by atoms with Crippen molar-refractivity contribution < 1.29 is 9.53 Å². The van der Waals surface area contributed by atoms with E-state index >= 15 is 0 Å². The third kappa shape index (κ3) is 4.15. The summed E-state index contributed by atoms with van der Waals surface area (Å²) in [6, 6.07) is 7.93. The van der Waals surface area contributed by atoms with E-state index in [1.165, 1.54) is 12.8 Å². The van der Waals surface area contributed by atoms with Crippen LogP contribution < -0.4 is 10.1 Å². The Balaban J connectivity index is 1.78. The third-order valence-electron chi connectivity index (χ3n) is 3.70. The largest absolute Gasteiger partial charge is 0.473 e. The highest BCUT2D eigenvalue weighted by Crippen LogP contribution is 2.17. The number of nitrogens with zero attached hydrogens (tertiary/aromatic N) is 1. The first-order valence-electron chi connectivity index (χ1n) is 7.54. The number of ether oxygens (including phenoxy) is 1. The van der Waals surface area contributed by atoms with E-state index < -0.39 is 0 Å². The molecule has 110 valence electrons. The number of likely N-dealkylation sites (tertiary alicyclic amines) is 1. The molecule has 2 rings (SSSR count). The second kappa shape index (κ2) is 7.78. The molecule has 1 aromatic rings. The standard InChI is InChI=1S/C16H24N2O2/c1-2-14-9-5-6-10-15(14)20-13-17-16(19)18-11-7-3-4-8-12-18/h5-6,9-10H,2-4,7-8,11-13H2,1H3,(H,17,19). The zero-order valence-electron chi connectivity index (χ0n) is 12.2. The van der Waals surface area contributed by atoms with Crippen molar-refractivity contribution in [1.29, 1.82) is 0 Å². The number of hydrogen-bond donors (Lipinski definition) is 1. The molecule has 1 heterocycles. The number of carbonyl (C=O) groups excluding carboxylic acids is 1. The maximum absolute atomic E-state index is 12.0. The molecule has 1 aliphatic heterocycles. The van der Waals surface area contributed by atoms with Gasteiger partial charge in [-0.05, 0) is 30.9 Å². The Hall–Kier alpha value is -1.71. The lowest BCUT2D eigenvalue weighted by Crippen LogP contribution is -2.42. The number of aryl methyl sites for hydroxylation is 1. The van der Waals surface area contributed by atoms with E-state index in [0.29, 0.717) is 0 Å². The number of hydrogen-bond acceptors (Lipinski definition) is 2. The molecule has 0 radical (unpaired) electrons. The molecule has 0 bridgehead atoms. The summed E-state index contributed by atoms with van der Waals surface area (Å²) in [4.78, 5) is 13.9. The highest BCUT2D eigenvalue weighted by molar-refractivity contribution is 5.74. The molecule has 0 atom stereocenters. The van der Waals surface area contributed by atoms with Gasteiger partial charge in [0.25, 0.3) is 0 Å². The van der Waals surface area contributed by atoms with Crippen LogP contribution in [-0.2, 0) is 6.42 Å². The fourth-order valence-electron chi connectivity index (χ4n) is 2.50. The fourth-order valence-corrected chi connectivity index (χ4v) is 2.50. The average Bonchev–Trinajstić information content (AvgIpc) is 2.77. The van der Waals surface area contributed by atoms with Crippen molar-refractivity contribution in [2.75, 3.05) is 19.8 Å². The molecule has 0 spiro atoms. The molecule has 4 nitrogen and oxygen atoms in total. The van der Waals surface area contributed by atoms with Crippen LogP contribution in [0.15, 0.2) is 24.3 Å². The molecule has 1 saturated heterocycles. The second-order valence-electron chi connectivity index (χ2n) is 5.13. The summed E-state index contributed by atoms with van der Waals surface area (Å²) >= 11 is 0. The van der Waals surface area contributed by atoms with Crippen LogP contribution in [0.3, 0.4) is 0 Å². The van der Waals surface area contributed by atoms with Crippen molar-refractivity contribution in [3.05, 3.63) is 29.8 Å². The Bertz CT molecular complexity index is 426. The summed E-state index contributed by atoms with van der Waals surface area (Å²) in [5.74, 6) is 0.853. The Labute approximate surface area is 121 Å². The van der Waals surface area contributed by atoms with Gasteiger partial charge in [-0.3, -0.25) is 0 Å². The van der Waals surface area contributed by atoms with Gasteiger partial charge in [-0.2, -0.15) is 0 Å². The minimum Gasteiger partial charge on any atom is -0.473 e. The molecule has 1 aromatic carbocycles. The van der Waals surface area contributed by atoms with Gasteiger partial charge >= 0.3 is 6.03 Å². The topological polar surface area (TPSA) is 41.6 Å². The molecule has 4 heteroatoms. The minimum atomic E-state index is -0.0131. The van der Waals surface area contributed by atoms with Crippen LogP contribution in [0.1, 0.15) is 38.2 Å². The number of carbonyl (C=O) groups is 1. The van der Waals surface area contributed by atoms with Crippen molar-refractivity contribution in [3.8, 4) is 5.75 Å². The van der Waals surface area contributed by atoms with E-state index in [1.54, 1.807) is 0 Å². The van der Waals surface area contributed by atoms with Crippen LogP contribution in [0.2, 0.25) is 0 Å². The van der Waals surface area contributed by atoms with Crippen molar-refractivity contribution >= 4 is 6.03 Å². The molecular weight excluding hydrogens is 252 g/mol. The second-order valence-corrected chi connectivity index (χ2v) is 5.13. The fraction of sp³-hybridized carbons (Fsp3) is 0.562. The zero-order chi connectivity index (χ0) is 14.2. The number of para-hydroxylation sites is 1. The van der Waals surface area contributed by atoms with Crippen LogP contribution in [0, 0.1) is 0 Å². The number of amides is 2. The molecule has 0 aliphatic carbocycles. The maximum atomic E-state index is 12.0. The van der Waals surface area contributed by atoms with Crippen molar-refractivity contribution in [3.63, 3.8) is 0 Å². The molecule has 0 saturated carbocycles. The monoisotopic (exact) mass is 276 g/mol. The highest BCUT2D eigenvalue weighted by Gasteiger charge is 2.14. The summed E-state index contributed by atoms with van der Waals surface area (Å²) in [6.07, 6.45) is 5.59. The molecule has 2 amide bonds. The summed E-state index contributed by atoms with van der Waals surface area (Å²) in [7, 11) is 0. The summed E-state index contributed by atoms with van der Waals surface area (Å²) < 4.78 is 5.66. The van der Waals surface area contributed by atoms with Gasteiger partial charge in [-0.15, -0.1) is 0 Å². The Morgan fingerprint density at radius 3 is 2.60 bits per heavy atom. The lowest BCUT2D eigenvalue weighted by molar-refractivity contribution is 0.186. The average molecular weight is 276 g/mol. The summed E-state index contributed by atoms with van der Waals surface area (Å²) in [5.41, 5.74) is 1.16. The third-order valence-corrected chi connectivity index (χ3v) is 3.70. The lowest BCUT2D eigenvalue weighted by Gasteiger charge is -2.21. The first-order valence-corrected chi connectivity index (χ1v) is 7.54. The number of nitrogens with one attached hydrogen (secondary N) is 1. The predicted octanol–water partition coefficient (Wildman–Crippen LogP) is 3.17. The summed E-state index contributed by atoms with van der Waals surface area (Å²) in [5, 5.41) is 2.84. The van der Waals surface area contributed by atoms with Gasteiger partial charge in [0, 0.05) is 13.1 Å². The van der Waals surface area contributed by atoms with Gasteiger partial charge in [-0.1, -0.05) is 38.0 Å². The molecule has 20 heavy (non-hydrogen) atoms. The highest BCUT2D eigenvalue weighted by atomic mass is 16.5. The maximum Gasteiger partial charge on any atom is 0.320 e. The number of rotatable bonds is 4. The van der Waals surface area contributed by atoms with E-state index in [9.17, 15) is 4.79 Å². The van der Waals surface area contributed by atoms with E-state index in [0.717, 1.165) is 43.7 Å². The SMILES string of the molecule is CCc1ccccc1OCNC(=O)N1CCCCCC1. The zero-order valence-corrected chi connectivity index (χ0v) is 12.2. The Morgan fingerprint density at radius 2 is 1.90 bits per heavy atom. The summed E-state index contributed by atoms with van der Waals surface area (Å²) in [6.45, 7) is 4.04. The van der Waals surface area contributed by atoms with E-state index in [1.807, 2.05) is 29.2 Å². The predicted molar refractivity (Wildman–Crippen MR) is 79.9 cm³/mol. The first-order chi connectivity index (χ1) is 9.81. The molecule has 0 aromatic heterocycles. The van der Waals surface area contributed by atoms with Gasteiger partial charge in [0.1, 0.15) is 5.75 Å². The molecule has 0 unspecified atom stereocenters. The molecular formula is C16H24N2O2. The van der Waals surface area contributed by atoms with Crippen molar-refractivity contribution in [2.24, 2.45) is 0 Å². The van der Waals surface area contributed by atoms with Crippen LogP contribution in [-0.4, -0.2) is 30.8 Å². The van der Waals surface area contributed by atoms with Crippen LogP contribution in [0.5, 0.6) is 5.75 Å². The van der Waals surface area contributed by atoms with E-state index in [4.69, 9.17) is 4.74 Å². The molecule has 1 N–H and O–H groups in total. The van der Waals surface area contributed by atoms with Gasteiger partial charge < -0.3 is 15.0 Å².